The average Bonchev–Trinajstić information content (AvgIpc) is 2.50. The first-order chi connectivity index (χ1) is 8.32. The lowest BCUT2D eigenvalue weighted by Crippen LogP contribution is -2.41. The van der Waals surface area contributed by atoms with E-state index in [1.54, 1.807) is 24.5 Å². The number of pyridine rings is 1. The average molecular weight is 249 g/mol. The lowest BCUT2D eigenvalue weighted by atomic mass is 9.87. The molecule has 0 radical (unpaired) electrons. The van der Waals surface area contributed by atoms with Gasteiger partial charge in [0.15, 0.2) is 0 Å². The fourth-order valence-corrected chi connectivity index (χ4v) is 1.64. The van der Waals surface area contributed by atoms with Gasteiger partial charge in [0.1, 0.15) is 5.73 Å². The maximum atomic E-state index is 14.1. The van der Waals surface area contributed by atoms with Crippen molar-refractivity contribution in [2.45, 2.75) is 38.9 Å². The molecule has 1 fully saturated rings. The monoisotopic (exact) mass is 249 g/mol. The van der Waals surface area contributed by atoms with Crippen molar-refractivity contribution >= 4 is 13.2 Å². The third-order valence-electron chi connectivity index (χ3n) is 3.47. The number of aromatic nitrogens is 1. The lowest BCUT2D eigenvalue weighted by molar-refractivity contribution is 0.00578. The molecule has 96 valence electrons. The fourth-order valence-electron chi connectivity index (χ4n) is 1.64. The van der Waals surface area contributed by atoms with Crippen molar-refractivity contribution < 1.29 is 13.7 Å². The molecule has 1 aromatic rings. The van der Waals surface area contributed by atoms with E-state index in [-0.39, 0.29) is 0 Å². The molecule has 0 bridgehead atoms. The molecule has 2 heterocycles. The van der Waals surface area contributed by atoms with E-state index >= 15 is 0 Å². The summed E-state index contributed by atoms with van der Waals surface area (Å²) in [7, 11) is -0.949. The molecule has 3 nitrogen and oxygen atoms in total. The number of hydrogen-bond donors (Lipinski definition) is 0. The van der Waals surface area contributed by atoms with Crippen LogP contribution >= 0.6 is 0 Å². The molecular formula is C13H17BFNO2. The van der Waals surface area contributed by atoms with Gasteiger partial charge in [0.2, 0.25) is 0 Å². The van der Waals surface area contributed by atoms with Crippen LogP contribution < -0.4 is 0 Å². The summed E-state index contributed by atoms with van der Waals surface area (Å²) in [5.41, 5.74) is -0.818. The minimum atomic E-state index is -0.949. The van der Waals surface area contributed by atoms with E-state index in [2.05, 4.69) is 4.98 Å². The van der Waals surface area contributed by atoms with Gasteiger partial charge >= 0.3 is 7.12 Å². The highest BCUT2D eigenvalue weighted by Gasteiger charge is 2.52. The molecule has 0 saturated carbocycles. The highest BCUT2D eigenvalue weighted by molar-refractivity contribution is 6.54. The molecule has 0 amide bonds. The summed E-state index contributed by atoms with van der Waals surface area (Å²) < 4.78 is 25.3. The van der Waals surface area contributed by atoms with Gasteiger partial charge in [0.05, 0.1) is 11.2 Å². The Morgan fingerprint density at radius 1 is 1.28 bits per heavy atom. The Bertz CT molecular complexity index is 443. The predicted octanol–water partition coefficient (Wildman–Crippen LogP) is 3.02. The second-order valence-corrected chi connectivity index (χ2v) is 5.40. The van der Waals surface area contributed by atoms with Gasteiger partial charge in [-0.15, -0.1) is 0 Å². The van der Waals surface area contributed by atoms with Gasteiger partial charge in [-0.25, -0.2) is 4.39 Å². The van der Waals surface area contributed by atoms with E-state index in [4.69, 9.17) is 9.31 Å². The van der Waals surface area contributed by atoms with Crippen molar-refractivity contribution in [3.63, 3.8) is 0 Å². The lowest BCUT2D eigenvalue weighted by Gasteiger charge is -2.32. The second-order valence-electron chi connectivity index (χ2n) is 5.40. The Balaban J connectivity index is 2.18. The summed E-state index contributed by atoms with van der Waals surface area (Å²) in [6.07, 6.45) is 4.62. The zero-order valence-corrected chi connectivity index (χ0v) is 11.1. The fraction of sp³-hybridized carbons (Fsp3) is 0.462. The standard InChI is InChI=1S/C13H17BFNO2/c1-12(2)13(3,4)18-14(17-12)11(15)8-10-6-5-7-16-9-10/h5-9H,1-4H3. The molecule has 0 unspecified atom stereocenters. The van der Waals surface area contributed by atoms with Crippen LogP contribution in [0.5, 0.6) is 0 Å². The molecule has 1 aliphatic rings. The molecule has 18 heavy (non-hydrogen) atoms. The highest BCUT2D eigenvalue weighted by Crippen LogP contribution is 2.38. The molecular weight excluding hydrogens is 232 g/mol. The van der Waals surface area contributed by atoms with Crippen LogP contribution in [-0.2, 0) is 9.31 Å². The summed E-state index contributed by atoms with van der Waals surface area (Å²) in [6.45, 7) is 7.57. The van der Waals surface area contributed by atoms with Gasteiger partial charge in [-0.05, 0) is 45.4 Å². The van der Waals surface area contributed by atoms with E-state index < -0.39 is 24.0 Å². The molecule has 2 rings (SSSR count). The molecule has 0 N–H and O–H groups in total. The Morgan fingerprint density at radius 3 is 2.39 bits per heavy atom. The van der Waals surface area contributed by atoms with E-state index in [0.717, 1.165) is 0 Å². The molecule has 1 saturated heterocycles. The summed E-state index contributed by atoms with van der Waals surface area (Å²) in [6, 6.07) is 3.53. The van der Waals surface area contributed by atoms with Crippen molar-refractivity contribution in [3.8, 4) is 0 Å². The van der Waals surface area contributed by atoms with Gasteiger partial charge < -0.3 is 9.31 Å². The first kappa shape index (κ1) is 13.2. The molecule has 0 atom stereocenters. The van der Waals surface area contributed by atoms with E-state index in [1.807, 2.05) is 27.7 Å². The largest absolute Gasteiger partial charge is 0.525 e. The van der Waals surface area contributed by atoms with Gasteiger partial charge in [-0.2, -0.15) is 0 Å². The van der Waals surface area contributed by atoms with E-state index in [9.17, 15) is 4.39 Å². The Morgan fingerprint density at radius 2 is 1.89 bits per heavy atom. The summed E-state index contributed by atoms with van der Waals surface area (Å²) in [5.74, 6) is 0. The van der Waals surface area contributed by atoms with Crippen LogP contribution in [-0.4, -0.2) is 23.3 Å². The van der Waals surface area contributed by atoms with Crippen molar-refractivity contribution in [1.82, 2.24) is 4.98 Å². The van der Waals surface area contributed by atoms with Crippen LogP contribution in [0.2, 0.25) is 0 Å². The second kappa shape index (κ2) is 4.48. The SMILES string of the molecule is CC1(C)OB(C(F)=Cc2cccnc2)OC1(C)C. The van der Waals surface area contributed by atoms with Crippen LogP contribution in [0.4, 0.5) is 4.39 Å². The number of hydrogen-bond acceptors (Lipinski definition) is 3. The normalized spacial score (nSPS) is 22.3. The van der Waals surface area contributed by atoms with Crippen LogP contribution in [0.15, 0.2) is 30.3 Å². The summed E-state index contributed by atoms with van der Waals surface area (Å²) in [5, 5.41) is 0. The Hall–Kier alpha value is -1.20. The van der Waals surface area contributed by atoms with E-state index in [0.29, 0.717) is 5.56 Å². The predicted molar refractivity (Wildman–Crippen MR) is 69.4 cm³/mol. The highest BCUT2D eigenvalue weighted by atomic mass is 19.1. The minimum Gasteiger partial charge on any atom is -0.398 e. The van der Waals surface area contributed by atoms with E-state index in [1.165, 1.54) is 6.08 Å². The topological polar surface area (TPSA) is 31.4 Å². The number of halogens is 1. The van der Waals surface area contributed by atoms with Crippen LogP contribution in [0.3, 0.4) is 0 Å². The molecule has 1 aliphatic heterocycles. The zero-order valence-electron chi connectivity index (χ0n) is 11.1. The molecule has 0 spiro atoms. The minimum absolute atomic E-state index is 0.443. The third kappa shape index (κ3) is 2.47. The van der Waals surface area contributed by atoms with Crippen molar-refractivity contribution in [1.29, 1.82) is 0 Å². The van der Waals surface area contributed by atoms with Gasteiger partial charge in [-0.3, -0.25) is 4.98 Å². The Kier molecular flexibility index (Phi) is 3.30. The molecule has 0 aromatic carbocycles. The molecule has 5 heteroatoms. The van der Waals surface area contributed by atoms with Crippen LogP contribution in [0.25, 0.3) is 6.08 Å². The summed E-state index contributed by atoms with van der Waals surface area (Å²) in [4.78, 5) is 3.93. The maximum Gasteiger partial charge on any atom is 0.525 e. The maximum absolute atomic E-state index is 14.1. The van der Waals surface area contributed by atoms with Crippen LogP contribution in [0.1, 0.15) is 33.3 Å². The first-order valence-electron chi connectivity index (χ1n) is 5.95. The smallest absolute Gasteiger partial charge is 0.398 e. The molecule has 1 aromatic heterocycles. The van der Waals surface area contributed by atoms with Gasteiger partial charge in [0, 0.05) is 12.4 Å². The first-order valence-corrected chi connectivity index (χ1v) is 5.95. The van der Waals surface area contributed by atoms with Gasteiger partial charge in [-0.1, -0.05) is 6.07 Å². The van der Waals surface area contributed by atoms with Crippen molar-refractivity contribution in [2.75, 3.05) is 0 Å². The third-order valence-corrected chi connectivity index (χ3v) is 3.47. The van der Waals surface area contributed by atoms with Crippen molar-refractivity contribution in [2.24, 2.45) is 0 Å². The Labute approximate surface area is 107 Å². The van der Waals surface area contributed by atoms with Gasteiger partial charge in [0.25, 0.3) is 0 Å². The zero-order chi connectivity index (χ0) is 13.4. The van der Waals surface area contributed by atoms with Crippen molar-refractivity contribution in [3.05, 3.63) is 35.8 Å². The number of nitrogens with zero attached hydrogens (tertiary/aromatic N) is 1. The molecule has 0 aliphatic carbocycles. The van der Waals surface area contributed by atoms with Crippen LogP contribution in [0, 0.1) is 0 Å². The summed E-state index contributed by atoms with van der Waals surface area (Å²) >= 11 is 0. The number of rotatable bonds is 2. The quantitative estimate of drug-likeness (QED) is 0.755.